The predicted molar refractivity (Wildman–Crippen MR) is 127 cm³/mol. The zero-order valence-electron chi connectivity index (χ0n) is 18.0. The van der Waals surface area contributed by atoms with Gasteiger partial charge in [-0.25, -0.2) is 0 Å². The number of nitriles is 1. The fourth-order valence-electron chi connectivity index (χ4n) is 4.07. The van der Waals surface area contributed by atoms with Gasteiger partial charge >= 0.3 is 0 Å². The van der Waals surface area contributed by atoms with E-state index >= 15 is 0 Å². The van der Waals surface area contributed by atoms with Gasteiger partial charge in [-0.1, -0.05) is 44.2 Å². The summed E-state index contributed by atoms with van der Waals surface area (Å²) < 4.78 is 2.27. The number of pyridine rings is 1. The monoisotopic (exact) mass is 444 g/mol. The van der Waals surface area contributed by atoms with Crippen LogP contribution in [-0.2, 0) is 11.3 Å². The Bertz CT molecular complexity index is 1010. The first-order valence-corrected chi connectivity index (χ1v) is 11.7. The Labute approximate surface area is 187 Å². The van der Waals surface area contributed by atoms with E-state index in [0.717, 1.165) is 50.2 Å². The Hall–Kier alpha value is -2.11. The number of aromatic nitrogens is 1. The summed E-state index contributed by atoms with van der Waals surface area (Å²) >= 11 is 6.54. The smallest absolute Gasteiger partial charge is 0.270 e. The first-order valence-electron chi connectivity index (χ1n) is 10.4. The fourth-order valence-corrected chi connectivity index (χ4v) is 5.23. The van der Waals surface area contributed by atoms with Crippen LogP contribution in [0.4, 0.5) is 5.82 Å². The fraction of sp³-hybridized carbons (Fsp3) is 0.545. The number of thiocarbonyl (C=S) groups is 1. The number of anilines is 1. The van der Waals surface area contributed by atoms with Gasteiger partial charge in [-0.15, -0.1) is 0 Å². The van der Waals surface area contributed by atoms with Crippen molar-refractivity contribution in [2.24, 2.45) is 5.92 Å². The molecule has 30 heavy (non-hydrogen) atoms. The summed E-state index contributed by atoms with van der Waals surface area (Å²) in [5.74, 6) is 1.20. The molecule has 2 saturated heterocycles. The lowest BCUT2D eigenvalue weighted by Gasteiger charge is -2.36. The average molecular weight is 445 g/mol. The van der Waals surface area contributed by atoms with Crippen molar-refractivity contribution in [2.75, 3.05) is 25.0 Å². The second-order valence-electron chi connectivity index (χ2n) is 8.09. The molecule has 0 saturated carbocycles. The second-order valence-corrected chi connectivity index (χ2v) is 9.77. The number of rotatable bonds is 5. The van der Waals surface area contributed by atoms with Crippen molar-refractivity contribution in [1.29, 1.82) is 5.26 Å². The molecule has 0 N–H and O–H groups in total. The lowest BCUT2D eigenvalue weighted by atomic mass is 9.98. The number of carbonyl (C=O) groups excluding carboxylic acids is 1. The van der Waals surface area contributed by atoms with Crippen molar-refractivity contribution in [3.63, 3.8) is 0 Å². The van der Waals surface area contributed by atoms with Crippen molar-refractivity contribution in [2.45, 2.75) is 53.0 Å². The molecule has 3 heterocycles. The van der Waals surface area contributed by atoms with Crippen molar-refractivity contribution in [3.8, 4) is 6.07 Å². The molecule has 0 aliphatic carbocycles. The molecule has 6 nitrogen and oxygen atoms in total. The SMILES string of the molecule is CCCCn1c(N2CCCC(C)C2)c(C=C2SC(=S)N(C)C2=O)c(C)c(C#N)c1=O. The average Bonchev–Trinajstić information content (AvgIpc) is 2.96. The normalized spacial score (nSPS) is 20.9. The quantitative estimate of drug-likeness (QED) is 0.507. The van der Waals surface area contributed by atoms with Gasteiger partial charge in [0.1, 0.15) is 21.8 Å². The van der Waals surface area contributed by atoms with Gasteiger partial charge in [0.05, 0.1) is 4.91 Å². The van der Waals surface area contributed by atoms with Crippen LogP contribution in [0.5, 0.6) is 0 Å². The summed E-state index contributed by atoms with van der Waals surface area (Å²) in [7, 11) is 1.67. The van der Waals surface area contributed by atoms with E-state index in [1.54, 1.807) is 18.5 Å². The number of unbranched alkanes of at least 4 members (excludes halogenated alkanes) is 1. The number of piperidine rings is 1. The molecular formula is C22H28N4O2S2. The van der Waals surface area contributed by atoms with E-state index in [-0.39, 0.29) is 17.0 Å². The molecule has 1 unspecified atom stereocenters. The highest BCUT2D eigenvalue weighted by Gasteiger charge is 2.31. The Morgan fingerprint density at radius 3 is 2.67 bits per heavy atom. The maximum atomic E-state index is 13.2. The summed E-state index contributed by atoms with van der Waals surface area (Å²) in [4.78, 5) is 30.1. The van der Waals surface area contributed by atoms with Crippen LogP contribution in [0.1, 0.15) is 56.2 Å². The van der Waals surface area contributed by atoms with E-state index in [9.17, 15) is 14.9 Å². The van der Waals surface area contributed by atoms with Crippen LogP contribution in [0, 0.1) is 24.2 Å². The van der Waals surface area contributed by atoms with Crippen LogP contribution in [0.25, 0.3) is 6.08 Å². The van der Waals surface area contributed by atoms with E-state index in [2.05, 4.69) is 24.8 Å². The third-order valence-corrected chi connectivity index (χ3v) is 7.28. The van der Waals surface area contributed by atoms with Gasteiger partial charge in [0.2, 0.25) is 0 Å². The van der Waals surface area contributed by atoms with Gasteiger partial charge < -0.3 is 4.90 Å². The third-order valence-electron chi connectivity index (χ3n) is 5.80. The minimum atomic E-state index is -0.239. The molecule has 2 fully saturated rings. The highest BCUT2D eigenvalue weighted by atomic mass is 32.2. The molecule has 2 aliphatic rings. The first kappa shape index (κ1) is 22.6. The molecule has 0 radical (unpaired) electrons. The van der Waals surface area contributed by atoms with E-state index in [1.165, 1.54) is 16.7 Å². The maximum Gasteiger partial charge on any atom is 0.270 e. The lowest BCUT2D eigenvalue weighted by Crippen LogP contribution is -2.40. The number of nitrogens with zero attached hydrogens (tertiary/aromatic N) is 4. The van der Waals surface area contributed by atoms with Gasteiger partial charge in [-0.3, -0.25) is 19.1 Å². The summed E-state index contributed by atoms with van der Waals surface area (Å²) in [5.41, 5.74) is 1.32. The zero-order chi connectivity index (χ0) is 22.0. The summed E-state index contributed by atoms with van der Waals surface area (Å²) in [6.07, 6.45) is 5.84. The van der Waals surface area contributed by atoms with Crippen LogP contribution in [0.2, 0.25) is 0 Å². The molecule has 3 rings (SSSR count). The molecule has 8 heteroatoms. The molecule has 1 aromatic heterocycles. The number of hydrogen-bond donors (Lipinski definition) is 0. The number of likely N-dealkylation sites (N-methyl/N-ethyl adjacent to an activating group) is 1. The summed E-state index contributed by atoms with van der Waals surface area (Å²) in [6, 6.07) is 2.10. The number of thioether (sulfide) groups is 1. The third kappa shape index (κ3) is 4.19. The number of carbonyl (C=O) groups is 1. The highest BCUT2D eigenvalue weighted by molar-refractivity contribution is 8.26. The van der Waals surface area contributed by atoms with E-state index in [4.69, 9.17) is 12.2 Å². The van der Waals surface area contributed by atoms with Gasteiger partial charge in [0, 0.05) is 32.2 Å². The zero-order valence-corrected chi connectivity index (χ0v) is 19.7. The Morgan fingerprint density at radius 2 is 2.10 bits per heavy atom. The van der Waals surface area contributed by atoms with Gasteiger partial charge in [0.15, 0.2) is 0 Å². The standard InChI is InChI=1S/C22H28N4O2S2/c1-5-6-10-26-19(25-9-7-8-14(2)13-25)16(15(3)17(12-23)20(26)27)11-18-21(28)24(4)22(29)30-18/h11,14H,5-10,13H2,1-4H3. The van der Waals surface area contributed by atoms with Crippen molar-refractivity contribution < 1.29 is 4.79 Å². The van der Waals surface area contributed by atoms with Gasteiger partial charge in [0.25, 0.3) is 11.5 Å². The predicted octanol–water partition coefficient (Wildman–Crippen LogP) is 3.90. The number of hydrogen-bond acceptors (Lipinski definition) is 6. The van der Waals surface area contributed by atoms with Crippen molar-refractivity contribution in [1.82, 2.24) is 9.47 Å². The molecule has 1 atom stereocenters. The molecular weight excluding hydrogens is 416 g/mol. The Kier molecular flexibility index (Phi) is 7.04. The second kappa shape index (κ2) is 9.36. The maximum absolute atomic E-state index is 13.2. The molecule has 1 amide bonds. The van der Waals surface area contributed by atoms with Crippen molar-refractivity contribution in [3.05, 3.63) is 31.9 Å². The minimum Gasteiger partial charge on any atom is -0.357 e. The van der Waals surface area contributed by atoms with Crippen molar-refractivity contribution >= 4 is 46.1 Å². The largest absolute Gasteiger partial charge is 0.357 e. The van der Waals surface area contributed by atoms with E-state index < -0.39 is 0 Å². The van der Waals surface area contributed by atoms with Gasteiger partial charge in [-0.05, 0) is 43.7 Å². The van der Waals surface area contributed by atoms with Crippen LogP contribution >= 0.6 is 24.0 Å². The lowest BCUT2D eigenvalue weighted by molar-refractivity contribution is -0.121. The topological polar surface area (TPSA) is 69.3 Å². The molecule has 0 aromatic carbocycles. The van der Waals surface area contributed by atoms with E-state index in [0.29, 0.717) is 27.3 Å². The first-order chi connectivity index (χ1) is 14.3. The highest BCUT2D eigenvalue weighted by Crippen LogP contribution is 2.36. The van der Waals surface area contributed by atoms with Crippen LogP contribution in [0.15, 0.2) is 9.70 Å². The van der Waals surface area contributed by atoms with Gasteiger partial charge in [-0.2, -0.15) is 5.26 Å². The molecule has 2 aliphatic heterocycles. The number of amides is 1. The summed E-state index contributed by atoms with van der Waals surface area (Å²) in [5, 5.41) is 9.72. The van der Waals surface area contributed by atoms with Crippen LogP contribution < -0.4 is 10.5 Å². The molecule has 0 spiro atoms. The van der Waals surface area contributed by atoms with E-state index in [1.807, 2.05) is 6.08 Å². The molecule has 160 valence electrons. The van der Waals surface area contributed by atoms with Crippen LogP contribution in [0.3, 0.4) is 0 Å². The summed E-state index contributed by atoms with van der Waals surface area (Å²) in [6.45, 7) is 8.38. The molecule has 0 bridgehead atoms. The Balaban J connectivity index is 2.28. The van der Waals surface area contributed by atoms with Crippen LogP contribution in [-0.4, -0.2) is 39.8 Å². The minimum absolute atomic E-state index is 0.146. The molecule has 1 aromatic rings. The Morgan fingerprint density at radius 1 is 1.37 bits per heavy atom.